The van der Waals surface area contributed by atoms with Gasteiger partial charge in [-0.3, -0.25) is 9.59 Å². The minimum absolute atomic E-state index is 0.0364. The van der Waals surface area contributed by atoms with Gasteiger partial charge in [0.25, 0.3) is 0 Å². The molecule has 0 bridgehead atoms. The number of amides is 2. The Hall–Kier alpha value is -1.69. The van der Waals surface area contributed by atoms with Crippen LogP contribution in [0, 0.1) is 0 Å². The zero-order chi connectivity index (χ0) is 22.9. The van der Waals surface area contributed by atoms with Crippen molar-refractivity contribution in [3.8, 4) is 0 Å². The Kier molecular flexibility index (Phi) is 9.76. The molecule has 0 heterocycles. The normalized spacial score (nSPS) is 14.8. The van der Waals surface area contributed by atoms with Gasteiger partial charge >= 0.3 is 0 Å². The predicted molar refractivity (Wildman–Crippen MR) is 134 cm³/mol. The van der Waals surface area contributed by atoms with Gasteiger partial charge in [-0.15, -0.1) is 0 Å². The summed E-state index contributed by atoms with van der Waals surface area (Å²) in [4.78, 5) is 27.7. The van der Waals surface area contributed by atoms with Crippen molar-refractivity contribution in [1.82, 2.24) is 10.2 Å². The summed E-state index contributed by atoms with van der Waals surface area (Å²) in [5.74, 6) is 1.43. The van der Waals surface area contributed by atoms with Gasteiger partial charge in [0.1, 0.15) is 6.04 Å². The molecule has 0 unspecified atom stereocenters. The van der Waals surface area contributed by atoms with Crippen LogP contribution in [0.3, 0.4) is 0 Å². The van der Waals surface area contributed by atoms with Gasteiger partial charge < -0.3 is 10.2 Å². The van der Waals surface area contributed by atoms with Crippen LogP contribution in [0.25, 0.3) is 0 Å². The van der Waals surface area contributed by atoms with E-state index >= 15 is 0 Å². The predicted octanol–water partition coefficient (Wildman–Crippen LogP) is 6.09. The number of rotatable bonds is 10. The van der Waals surface area contributed by atoms with Gasteiger partial charge in [0.2, 0.25) is 11.8 Å². The van der Waals surface area contributed by atoms with E-state index in [4.69, 9.17) is 23.2 Å². The average molecular weight is 494 g/mol. The highest BCUT2D eigenvalue weighted by Gasteiger charge is 2.28. The molecule has 0 aromatic heterocycles. The van der Waals surface area contributed by atoms with Crippen LogP contribution in [0.2, 0.25) is 10.0 Å². The van der Waals surface area contributed by atoms with E-state index < -0.39 is 6.04 Å². The topological polar surface area (TPSA) is 49.4 Å². The Morgan fingerprint density at radius 3 is 2.47 bits per heavy atom. The fourth-order valence-corrected chi connectivity index (χ4v) is 5.09. The van der Waals surface area contributed by atoms with Gasteiger partial charge in [0, 0.05) is 30.5 Å². The highest BCUT2D eigenvalue weighted by molar-refractivity contribution is 7.98. The maximum absolute atomic E-state index is 13.2. The zero-order valence-corrected chi connectivity index (χ0v) is 20.7. The minimum Gasteiger partial charge on any atom is -0.352 e. The van der Waals surface area contributed by atoms with Crippen LogP contribution in [0.1, 0.15) is 50.2 Å². The van der Waals surface area contributed by atoms with Crippen molar-refractivity contribution in [1.29, 1.82) is 0 Å². The molecule has 1 fully saturated rings. The van der Waals surface area contributed by atoms with Crippen molar-refractivity contribution in [3.05, 3.63) is 69.7 Å². The number of halogens is 2. The molecule has 0 spiro atoms. The molecule has 2 aromatic rings. The fourth-order valence-electron chi connectivity index (χ4n) is 3.88. The quantitative estimate of drug-likeness (QED) is 0.408. The molecule has 3 rings (SSSR count). The smallest absolute Gasteiger partial charge is 0.242 e. The molecule has 32 heavy (non-hydrogen) atoms. The lowest BCUT2D eigenvalue weighted by atomic mass is 10.1. The van der Waals surface area contributed by atoms with Crippen molar-refractivity contribution in [2.75, 3.05) is 5.75 Å². The summed E-state index contributed by atoms with van der Waals surface area (Å²) in [5, 5.41) is 4.04. The van der Waals surface area contributed by atoms with E-state index in [-0.39, 0.29) is 17.9 Å². The van der Waals surface area contributed by atoms with E-state index in [1.165, 1.54) is 5.56 Å². The Balaban J connectivity index is 1.63. The lowest BCUT2D eigenvalue weighted by Gasteiger charge is -2.30. The van der Waals surface area contributed by atoms with Crippen molar-refractivity contribution >= 4 is 46.8 Å². The highest BCUT2D eigenvalue weighted by atomic mass is 35.5. The molecule has 4 nitrogen and oxygen atoms in total. The minimum atomic E-state index is -0.559. The zero-order valence-electron chi connectivity index (χ0n) is 18.4. The first-order valence-electron chi connectivity index (χ1n) is 11.1. The summed E-state index contributed by atoms with van der Waals surface area (Å²) in [5.41, 5.74) is 2.09. The second-order valence-corrected chi connectivity index (χ2v) is 10.1. The fraction of sp³-hybridized carbons (Fsp3) is 0.440. The van der Waals surface area contributed by atoms with E-state index in [1.807, 2.05) is 24.3 Å². The molecule has 1 aliphatic rings. The summed E-state index contributed by atoms with van der Waals surface area (Å²) >= 11 is 13.9. The molecule has 1 saturated carbocycles. The largest absolute Gasteiger partial charge is 0.352 e. The second kappa shape index (κ2) is 12.5. The number of thioether (sulfide) groups is 1. The Bertz CT molecular complexity index is 904. The van der Waals surface area contributed by atoms with Gasteiger partial charge in [-0.05, 0) is 43.0 Å². The summed E-state index contributed by atoms with van der Waals surface area (Å²) in [6.45, 7) is 2.12. The standard InChI is InChI=1S/C25H30Cl2N2O2S/c1-18(25(31)28-21-9-5-6-10-21)29(16-20-11-12-22(26)23(27)15-20)24(30)13-14-32-17-19-7-3-2-4-8-19/h2-4,7-8,11-12,15,18,21H,5-6,9-10,13-14,16-17H2,1H3,(H,28,31)/t18-/m0/s1. The van der Waals surface area contributed by atoms with Gasteiger partial charge in [-0.2, -0.15) is 11.8 Å². The molecule has 0 radical (unpaired) electrons. The first-order chi connectivity index (χ1) is 15.4. The van der Waals surface area contributed by atoms with E-state index in [0.717, 1.165) is 37.0 Å². The Morgan fingerprint density at radius 2 is 1.78 bits per heavy atom. The van der Waals surface area contributed by atoms with Crippen molar-refractivity contribution in [2.45, 2.75) is 63.4 Å². The van der Waals surface area contributed by atoms with E-state index in [9.17, 15) is 9.59 Å². The van der Waals surface area contributed by atoms with Crippen LogP contribution in [0.5, 0.6) is 0 Å². The molecule has 1 atom stereocenters. The number of carbonyl (C=O) groups excluding carboxylic acids is 2. The maximum Gasteiger partial charge on any atom is 0.242 e. The monoisotopic (exact) mass is 492 g/mol. The number of hydrogen-bond donors (Lipinski definition) is 1. The van der Waals surface area contributed by atoms with E-state index in [2.05, 4.69) is 17.4 Å². The Labute approximate surface area is 205 Å². The number of carbonyl (C=O) groups is 2. The maximum atomic E-state index is 13.2. The molecule has 0 aliphatic heterocycles. The highest BCUT2D eigenvalue weighted by Crippen LogP contribution is 2.24. The van der Waals surface area contributed by atoms with Gasteiger partial charge in [-0.1, -0.05) is 72.4 Å². The van der Waals surface area contributed by atoms with Crippen LogP contribution < -0.4 is 5.32 Å². The van der Waals surface area contributed by atoms with Crippen LogP contribution in [-0.4, -0.2) is 34.6 Å². The molecule has 1 N–H and O–H groups in total. The lowest BCUT2D eigenvalue weighted by Crippen LogP contribution is -2.49. The van der Waals surface area contributed by atoms with Crippen LogP contribution in [-0.2, 0) is 21.9 Å². The van der Waals surface area contributed by atoms with Crippen LogP contribution >= 0.6 is 35.0 Å². The Morgan fingerprint density at radius 1 is 1.06 bits per heavy atom. The average Bonchev–Trinajstić information content (AvgIpc) is 3.30. The van der Waals surface area contributed by atoms with Gasteiger partial charge in [0.15, 0.2) is 0 Å². The third-order valence-electron chi connectivity index (χ3n) is 5.78. The summed E-state index contributed by atoms with van der Waals surface area (Å²) < 4.78 is 0. The SMILES string of the molecule is C[C@@H](C(=O)NC1CCCC1)N(Cc1ccc(Cl)c(Cl)c1)C(=O)CCSCc1ccccc1. The summed E-state index contributed by atoms with van der Waals surface area (Å²) in [6, 6.07) is 15.2. The molecular formula is C25H30Cl2N2O2S. The van der Waals surface area contributed by atoms with E-state index in [1.54, 1.807) is 35.7 Å². The molecule has 7 heteroatoms. The third-order valence-corrected chi connectivity index (χ3v) is 7.55. The van der Waals surface area contributed by atoms with Gasteiger partial charge in [-0.25, -0.2) is 0 Å². The number of benzene rings is 2. The van der Waals surface area contributed by atoms with Crippen molar-refractivity contribution in [3.63, 3.8) is 0 Å². The first kappa shape index (κ1) is 24.9. The first-order valence-corrected chi connectivity index (χ1v) is 13.0. The summed E-state index contributed by atoms with van der Waals surface area (Å²) in [7, 11) is 0. The van der Waals surface area contributed by atoms with Crippen LogP contribution in [0.15, 0.2) is 48.5 Å². The van der Waals surface area contributed by atoms with E-state index in [0.29, 0.717) is 28.8 Å². The number of nitrogens with one attached hydrogen (secondary N) is 1. The molecule has 2 amide bonds. The number of nitrogens with zero attached hydrogens (tertiary/aromatic N) is 1. The van der Waals surface area contributed by atoms with Crippen molar-refractivity contribution < 1.29 is 9.59 Å². The molecule has 172 valence electrons. The van der Waals surface area contributed by atoms with Gasteiger partial charge in [0.05, 0.1) is 10.0 Å². The second-order valence-electron chi connectivity index (χ2n) is 8.22. The van der Waals surface area contributed by atoms with Crippen molar-refractivity contribution in [2.24, 2.45) is 0 Å². The number of hydrogen-bond acceptors (Lipinski definition) is 3. The molecule has 1 aliphatic carbocycles. The third kappa shape index (κ3) is 7.43. The molecule has 0 saturated heterocycles. The lowest BCUT2D eigenvalue weighted by molar-refractivity contribution is -0.140. The molecular weight excluding hydrogens is 463 g/mol. The van der Waals surface area contributed by atoms with Crippen LogP contribution in [0.4, 0.5) is 0 Å². The molecule has 2 aromatic carbocycles. The summed E-state index contributed by atoms with van der Waals surface area (Å²) in [6.07, 6.45) is 4.68.